The lowest BCUT2D eigenvalue weighted by molar-refractivity contribution is 0.0921. The maximum absolute atomic E-state index is 13.2. The van der Waals surface area contributed by atoms with E-state index < -0.39 is 9.84 Å². The molecular weight excluding hydrogens is 432 g/mol. The average Bonchev–Trinajstić information content (AvgIpc) is 3.19. The van der Waals surface area contributed by atoms with Crippen LogP contribution in [0.3, 0.4) is 0 Å². The molecule has 0 aromatic carbocycles. The molecule has 1 aromatic heterocycles. The molecular formula is C22H38N4O5S. The Kier molecular flexibility index (Phi) is 9.10. The number of amides is 1. The summed E-state index contributed by atoms with van der Waals surface area (Å²) in [6.07, 6.45) is 6.35. The third-order valence-corrected chi connectivity index (χ3v) is 9.24. The number of hydrogen-bond donors (Lipinski definition) is 4. The predicted octanol–water partition coefficient (Wildman–Crippen LogP) is 1.16. The lowest BCUT2D eigenvalue weighted by Gasteiger charge is -2.30. The van der Waals surface area contributed by atoms with Crippen molar-refractivity contribution in [1.29, 1.82) is 0 Å². The third kappa shape index (κ3) is 7.00. The molecule has 0 radical (unpaired) electrons. The first kappa shape index (κ1) is 25.1. The van der Waals surface area contributed by atoms with E-state index in [-0.39, 0.29) is 53.3 Å². The van der Waals surface area contributed by atoms with Crippen LogP contribution in [0.5, 0.6) is 0 Å². The molecule has 32 heavy (non-hydrogen) atoms. The molecule has 2 fully saturated rings. The number of aliphatic hydroxyl groups is 1. The van der Waals surface area contributed by atoms with Crippen molar-refractivity contribution < 1.29 is 22.8 Å². The van der Waals surface area contributed by atoms with Gasteiger partial charge in [-0.15, -0.1) is 0 Å². The number of carbonyl (C=O) groups is 1. The minimum absolute atomic E-state index is 0.0207. The Bertz CT molecular complexity index is 835. The van der Waals surface area contributed by atoms with Gasteiger partial charge in [-0.2, -0.15) is 0 Å². The summed E-state index contributed by atoms with van der Waals surface area (Å²) < 4.78 is 31.4. The second kappa shape index (κ2) is 11.6. The molecule has 3 atom stereocenters. The lowest BCUT2D eigenvalue weighted by Crippen LogP contribution is -2.41. The Balaban J connectivity index is 1.56. The topological polar surface area (TPSA) is 148 Å². The number of carbonyl (C=O) groups excluding carboxylic acids is 1. The second-order valence-electron chi connectivity index (χ2n) is 9.36. The van der Waals surface area contributed by atoms with Gasteiger partial charge in [-0.3, -0.25) is 4.79 Å². The van der Waals surface area contributed by atoms with Crippen molar-refractivity contribution in [3.63, 3.8) is 0 Å². The van der Waals surface area contributed by atoms with Crippen molar-refractivity contribution in [3.8, 4) is 0 Å². The van der Waals surface area contributed by atoms with Gasteiger partial charge in [-0.05, 0) is 57.3 Å². The van der Waals surface area contributed by atoms with E-state index in [0.717, 1.165) is 25.7 Å². The van der Waals surface area contributed by atoms with Crippen molar-refractivity contribution in [2.24, 2.45) is 11.7 Å². The van der Waals surface area contributed by atoms with Gasteiger partial charge in [0, 0.05) is 37.2 Å². The smallest absolute Gasteiger partial charge is 0.273 e. The molecule has 2 aliphatic carbocycles. The van der Waals surface area contributed by atoms with Crippen molar-refractivity contribution in [3.05, 3.63) is 17.5 Å². The summed E-state index contributed by atoms with van der Waals surface area (Å²) in [5.74, 6) is 0.475. The van der Waals surface area contributed by atoms with Gasteiger partial charge in [0.2, 0.25) is 0 Å². The van der Waals surface area contributed by atoms with Crippen LogP contribution in [-0.2, 0) is 16.3 Å². The lowest BCUT2D eigenvalue weighted by atomic mass is 9.95. The van der Waals surface area contributed by atoms with Crippen LogP contribution in [0, 0.1) is 5.92 Å². The van der Waals surface area contributed by atoms with Crippen LogP contribution in [0.15, 0.2) is 10.6 Å². The van der Waals surface area contributed by atoms with E-state index in [1.807, 2.05) is 6.92 Å². The van der Waals surface area contributed by atoms with Crippen LogP contribution in [0.1, 0.15) is 74.5 Å². The van der Waals surface area contributed by atoms with Crippen molar-refractivity contribution in [2.75, 3.05) is 18.9 Å². The zero-order chi connectivity index (χ0) is 23.1. The summed E-state index contributed by atoms with van der Waals surface area (Å²) in [6, 6.07) is 1.68. The Hall–Kier alpha value is -1.49. The average molecular weight is 471 g/mol. The van der Waals surface area contributed by atoms with Crippen LogP contribution < -0.4 is 16.4 Å². The molecule has 1 aromatic rings. The van der Waals surface area contributed by atoms with Gasteiger partial charge in [0.25, 0.3) is 5.91 Å². The van der Waals surface area contributed by atoms with E-state index >= 15 is 0 Å². The summed E-state index contributed by atoms with van der Waals surface area (Å²) in [5, 5.41) is 18.7. The molecule has 1 heterocycles. The first-order valence-electron chi connectivity index (χ1n) is 11.9. The van der Waals surface area contributed by atoms with Gasteiger partial charge < -0.3 is 26.0 Å². The highest BCUT2D eigenvalue weighted by Gasteiger charge is 2.35. The highest BCUT2D eigenvalue weighted by molar-refractivity contribution is 7.92. The summed E-state index contributed by atoms with van der Waals surface area (Å²) >= 11 is 0. The maximum Gasteiger partial charge on any atom is 0.273 e. The molecule has 0 spiro atoms. The van der Waals surface area contributed by atoms with Crippen LogP contribution in [0.25, 0.3) is 0 Å². The molecule has 2 aliphatic rings. The zero-order valence-corrected chi connectivity index (χ0v) is 19.8. The van der Waals surface area contributed by atoms with E-state index in [0.29, 0.717) is 44.4 Å². The Labute approximate surface area is 190 Å². The normalized spacial score (nSPS) is 29.4. The van der Waals surface area contributed by atoms with Crippen molar-refractivity contribution in [1.82, 2.24) is 15.8 Å². The van der Waals surface area contributed by atoms with Crippen LogP contribution >= 0.6 is 0 Å². The first-order valence-corrected chi connectivity index (χ1v) is 13.6. The molecule has 5 N–H and O–H groups in total. The van der Waals surface area contributed by atoms with Crippen LogP contribution in [-0.4, -0.2) is 66.9 Å². The SMILES string of the molecule is CCc1cc(C(=O)N[C@H]2C[C@H](N)CC[C@H](CS(=O)(=O)C3CCC(NCCO)CC3)C2)no1. The molecule has 1 amide bonds. The largest absolute Gasteiger partial charge is 0.395 e. The van der Waals surface area contributed by atoms with E-state index in [9.17, 15) is 13.2 Å². The van der Waals surface area contributed by atoms with Crippen molar-refractivity contribution in [2.45, 2.75) is 88.1 Å². The number of aromatic nitrogens is 1. The van der Waals surface area contributed by atoms with Gasteiger partial charge in [-0.25, -0.2) is 8.42 Å². The monoisotopic (exact) mass is 470 g/mol. The molecule has 0 saturated heterocycles. The zero-order valence-electron chi connectivity index (χ0n) is 19.0. The van der Waals surface area contributed by atoms with Gasteiger partial charge >= 0.3 is 0 Å². The number of nitrogens with one attached hydrogen (secondary N) is 2. The summed E-state index contributed by atoms with van der Waals surface area (Å²) in [7, 11) is -3.22. The van der Waals surface area contributed by atoms with Gasteiger partial charge in [0.15, 0.2) is 15.5 Å². The predicted molar refractivity (Wildman–Crippen MR) is 122 cm³/mol. The summed E-state index contributed by atoms with van der Waals surface area (Å²) in [4.78, 5) is 12.6. The third-order valence-electron chi connectivity index (χ3n) is 6.82. The molecule has 2 saturated carbocycles. The number of nitrogens with zero attached hydrogens (tertiary/aromatic N) is 1. The Morgan fingerprint density at radius 2 is 1.94 bits per heavy atom. The fraction of sp³-hybridized carbons (Fsp3) is 0.818. The molecule has 9 nitrogen and oxygen atoms in total. The molecule has 0 bridgehead atoms. The van der Waals surface area contributed by atoms with Crippen molar-refractivity contribution >= 4 is 15.7 Å². The minimum atomic E-state index is -3.22. The van der Waals surface area contributed by atoms with Gasteiger partial charge in [0.05, 0.1) is 17.6 Å². The standard InChI is InChI=1S/C22H38N4O5S/c1-2-19-13-21(26-31-19)22(28)25-18-11-15(3-4-16(23)12-18)14-32(29,30)20-7-5-17(6-8-20)24-9-10-27/h13,15-18,20,24,27H,2-12,14,23H2,1H3,(H,25,28)/t15-,16+,17?,18+,20?/m0/s1. The minimum Gasteiger partial charge on any atom is -0.395 e. The quantitative estimate of drug-likeness (QED) is 0.393. The molecule has 182 valence electrons. The second-order valence-corrected chi connectivity index (χ2v) is 11.7. The van der Waals surface area contributed by atoms with E-state index in [2.05, 4.69) is 15.8 Å². The number of nitrogens with two attached hydrogens (primary N) is 1. The molecule has 10 heteroatoms. The summed E-state index contributed by atoms with van der Waals surface area (Å²) in [5.41, 5.74) is 6.48. The highest BCUT2D eigenvalue weighted by Crippen LogP contribution is 2.30. The number of aliphatic hydroxyl groups excluding tert-OH is 1. The molecule has 0 aliphatic heterocycles. The van der Waals surface area contributed by atoms with E-state index in [1.54, 1.807) is 6.07 Å². The summed E-state index contributed by atoms with van der Waals surface area (Å²) in [6.45, 7) is 2.57. The highest BCUT2D eigenvalue weighted by atomic mass is 32.2. The van der Waals surface area contributed by atoms with E-state index in [4.69, 9.17) is 15.4 Å². The maximum atomic E-state index is 13.2. The van der Waals surface area contributed by atoms with Crippen LogP contribution in [0.4, 0.5) is 0 Å². The Morgan fingerprint density at radius 1 is 1.19 bits per heavy atom. The first-order chi connectivity index (χ1) is 15.3. The Morgan fingerprint density at radius 3 is 2.59 bits per heavy atom. The number of sulfone groups is 1. The number of hydrogen-bond acceptors (Lipinski definition) is 8. The fourth-order valence-corrected chi connectivity index (χ4v) is 7.25. The van der Waals surface area contributed by atoms with Crippen LogP contribution in [0.2, 0.25) is 0 Å². The molecule has 3 rings (SSSR count). The fourth-order valence-electron chi connectivity index (χ4n) is 5.02. The number of rotatable bonds is 9. The van der Waals surface area contributed by atoms with Gasteiger partial charge in [0.1, 0.15) is 5.76 Å². The van der Waals surface area contributed by atoms with E-state index in [1.165, 1.54) is 0 Å². The van der Waals surface area contributed by atoms with Gasteiger partial charge in [-0.1, -0.05) is 12.1 Å². The number of aryl methyl sites for hydroxylation is 1. The molecule has 0 unspecified atom stereocenters.